The van der Waals surface area contributed by atoms with Crippen molar-refractivity contribution in [2.24, 2.45) is 5.92 Å². The van der Waals surface area contributed by atoms with Crippen LogP contribution in [0.2, 0.25) is 0 Å². The maximum atomic E-state index is 11.9. The van der Waals surface area contributed by atoms with Crippen LogP contribution >= 0.6 is 0 Å². The molecule has 2 aromatic rings. The molecule has 0 fully saturated rings. The summed E-state index contributed by atoms with van der Waals surface area (Å²) in [7, 11) is 0. The lowest BCUT2D eigenvalue weighted by molar-refractivity contribution is 0.0950. The van der Waals surface area contributed by atoms with Crippen LogP contribution in [0.15, 0.2) is 16.8 Å². The first kappa shape index (κ1) is 13.0. The van der Waals surface area contributed by atoms with Crippen LogP contribution in [0.3, 0.4) is 0 Å². The van der Waals surface area contributed by atoms with Crippen molar-refractivity contribution in [3.63, 3.8) is 0 Å². The minimum absolute atomic E-state index is 0.220. The molecule has 2 rings (SSSR count). The zero-order valence-corrected chi connectivity index (χ0v) is 10.8. The molecule has 0 spiro atoms. The smallest absolute Gasteiger partial charge is 0.257 e. The van der Waals surface area contributed by atoms with Crippen molar-refractivity contribution in [1.82, 2.24) is 15.5 Å². The summed E-state index contributed by atoms with van der Waals surface area (Å²) in [5, 5.41) is 16.0. The number of aromatic nitrogens is 2. The van der Waals surface area contributed by atoms with Gasteiger partial charge in [-0.25, -0.2) is 4.98 Å². The summed E-state index contributed by atoms with van der Waals surface area (Å²) >= 11 is 0. The van der Waals surface area contributed by atoms with Crippen molar-refractivity contribution < 1.29 is 9.32 Å². The van der Waals surface area contributed by atoms with E-state index in [2.05, 4.69) is 21.5 Å². The molecular formula is C13H14N4O2. The van der Waals surface area contributed by atoms with Gasteiger partial charge in [-0.05, 0) is 19.4 Å². The van der Waals surface area contributed by atoms with Gasteiger partial charge in [-0.2, -0.15) is 5.26 Å². The monoisotopic (exact) mass is 258 g/mol. The topological polar surface area (TPSA) is 91.8 Å². The number of amides is 1. The first-order chi connectivity index (χ1) is 9.15. The summed E-state index contributed by atoms with van der Waals surface area (Å²) in [4.78, 5) is 16.0. The molecule has 1 unspecified atom stereocenters. The maximum Gasteiger partial charge on any atom is 0.257 e. The second-order valence-corrected chi connectivity index (χ2v) is 4.30. The molecule has 6 nitrogen and oxygen atoms in total. The number of nitrogens with one attached hydrogen (secondary N) is 1. The maximum absolute atomic E-state index is 11.9. The first-order valence-electron chi connectivity index (χ1n) is 6.07. The molecule has 0 aliphatic carbocycles. The SMILES string of the molecule is CCc1noc2ncc(C(=O)NCC(C)C#N)cc12. The van der Waals surface area contributed by atoms with Gasteiger partial charge in [-0.1, -0.05) is 12.1 Å². The number of nitriles is 1. The van der Waals surface area contributed by atoms with Gasteiger partial charge in [0, 0.05) is 12.7 Å². The minimum Gasteiger partial charge on any atom is -0.351 e. The Morgan fingerprint density at radius 3 is 3.11 bits per heavy atom. The van der Waals surface area contributed by atoms with Crippen molar-refractivity contribution in [3.05, 3.63) is 23.5 Å². The van der Waals surface area contributed by atoms with E-state index in [0.717, 1.165) is 11.1 Å². The van der Waals surface area contributed by atoms with Crippen LogP contribution in [-0.4, -0.2) is 22.6 Å². The molecule has 1 amide bonds. The van der Waals surface area contributed by atoms with Crippen LogP contribution in [0.25, 0.3) is 11.1 Å². The van der Waals surface area contributed by atoms with Crippen LogP contribution in [0.4, 0.5) is 0 Å². The van der Waals surface area contributed by atoms with E-state index in [1.165, 1.54) is 6.20 Å². The van der Waals surface area contributed by atoms with Crippen LogP contribution in [0, 0.1) is 17.2 Å². The van der Waals surface area contributed by atoms with Crippen molar-refractivity contribution >= 4 is 17.0 Å². The molecule has 1 atom stereocenters. The zero-order valence-electron chi connectivity index (χ0n) is 10.8. The fraction of sp³-hybridized carbons (Fsp3) is 0.385. The lowest BCUT2D eigenvalue weighted by Gasteiger charge is -2.05. The molecule has 98 valence electrons. The number of fused-ring (bicyclic) bond motifs is 1. The van der Waals surface area contributed by atoms with Gasteiger partial charge >= 0.3 is 0 Å². The van der Waals surface area contributed by atoms with E-state index >= 15 is 0 Å². The van der Waals surface area contributed by atoms with Gasteiger partial charge in [0.15, 0.2) is 0 Å². The number of hydrogen-bond acceptors (Lipinski definition) is 5. The highest BCUT2D eigenvalue weighted by Crippen LogP contribution is 2.18. The van der Waals surface area contributed by atoms with Gasteiger partial charge in [0.25, 0.3) is 11.6 Å². The second-order valence-electron chi connectivity index (χ2n) is 4.30. The predicted molar refractivity (Wildman–Crippen MR) is 68.3 cm³/mol. The Morgan fingerprint density at radius 1 is 1.63 bits per heavy atom. The molecule has 0 saturated carbocycles. The molecule has 0 radical (unpaired) electrons. The van der Waals surface area contributed by atoms with E-state index in [1.807, 2.05) is 6.92 Å². The molecule has 6 heteroatoms. The Bertz CT molecular complexity index is 642. The van der Waals surface area contributed by atoms with Gasteiger partial charge in [0.05, 0.1) is 28.6 Å². The Balaban J connectivity index is 2.20. The number of carbonyl (C=O) groups excluding carboxylic acids is 1. The summed E-state index contributed by atoms with van der Waals surface area (Å²) in [6.07, 6.45) is 2.16. The van der Waals surface area contributed by atoms with E-state index in [9.17, 15) is 4.79 Å². The number of carbonyl (C=O) groups is 1. The molecule has 0 aromatic carbocycles. The predicted octanol–water partition coefficient (Wildman–Crippen LogP) is 1.67. The highest BCUT2D eigenvalue weighted by atomic mass is 16.5. The van der Waals surface area contributed by atoms with Crippen LogP contribution < -0.4 is 5.32 Å². The van der Waals surface area contributed by atoms with Crippen LogP contribution in [0.1, 0.15) is 29.9 Å². The third-order valence-electron chi connectivity index (χ3n) is 2.79. The van der Waals surface area contributed by atoms with Gasteiger partial charge in [-0.15, -0.1) is 0 Å². The molecule has 19 heavy (non-hydrogen) atoms. The van der Waals surface area contributed by atoms with Crippen molar-refractivity contribution in [3.8, 4) is 6.07 Å². The number of nitrogens with zero attached hydrogens (tertiary/aromatic N) is 3. The molecule has 1 N–H and O–H groups in total. The largest absolute Gasteiger partial charge is 0.351 e. The molecule has 2 heterocycles. The molecular weight excluding hydrogens is 244 g/mol. The Labute approximate surface area is 110 Å². The molecule has 0 aliphatic rings. The number of aryl methyl sites for hydroxylation is 1. The van der Waals surface area contributed by atoms with E-state index in [-0.39, 0.29) is 11.8 Å². The van der Waals surface area contributed by atoms with Crippen molar-refractivity contribution in [2.45, 2.75) is 20.3 Å². The molecule has 2 aromatic heterocycles. The summed E-state index contributed by atoms with van der Waals surface area (Å²) < 4.78 is 5.05. The number of rotatable bonds is 4. The molecule has 0 aliphatic heterocycles. The normalized spacial score (nSPS) is 12.1. The summed E-state index contributed by atoms with van der Waals surface area (Å²) in [5.74, 6) is -0.470. The average Bonchev–Trinajstić information content (AvgIpc) is 2.86. The third-order valence-corrected chi connectivity index (χ3v) is 2.79. The molecule has 0 saturated heterocycles. The highest BCUT2D eigenvalue weighted by Gasteiger charge is 2.13. The van der Waals surface area contributed by atoms with Gasteiger partial charge in [0.2, 0.25) is 0 Å². The van der Waals surface area contributed by atoms with Gasteiger partial charge in [-0.3, -0.25) is 4.79 Å². The zero-order chi connectivity index (χ0) is 13.8. The fourth-order valence-corrected chi connectivity index (χ4v) is 1.65. The summed E-state index contributed by atoms with van der Waals surface area (Å²) in [6, 6.07) is 3.77. The fourth-order valence-electron chi connectivity index (χ4n) is 1.65. The second kappa shape index (κ2) is 5.48. The number of hydrogen-bond donors (Lipinski definition) is 1. The van der Waals surface area contributed by atoms with E-state index in [0.29, 0.717) is 24.2 Å². The van der Waals surface area contributed by atoms with Crippen LogP contribution in [0.5, 0.6) is 0 Å². The standard InChI is InChI=1S/C13H14N4O2/c1-3-11-10-4-9(7-16-13(10)19-17-11)12(18)15-6-8(2)5-14/h4,7-8H,3,6H2,1-2H3,(H,15,18). The number of pyridine rings is 1. The minimum atomic E-state index is -0.250. The van der Waals surface area contributed by atoms with Gasteiger partial charge < -0.3 is 9.84 Å². The van der Waals surface area contributed by atoms with Crippen molar-refractivity contribution in [1.29, 1.82) is 5.26 Å². The van der Waals surface area contributed by atoms with Crippen molar-refractivity contribution in [2.75, 3.05) is 6.54 Å². The van der Waals surface area contributed by atoms with E-state index in [1.54, 1.807) is 13.0 Å². The molecule has 0 bridgehead atoms. The summed E-state index contributed by atoms with van der Waals surface area (Å²) in [5.41, 5.74) is 1.65. The Hall–Kier alpha value is -2.42. The highest BCUT2D eigenvalue weighted by molar-refractivity contribution is 5.96. The van der Waals surface area contributed by atoms with E-state index in [4.69, 9.17) is 9.78 Å². The van der Waals surface area contributed by atoms with Crippen LogP contribution in [-0.2, 0) is 6.42 Å². The Morgan fingerprint density at radius 2 is 2.42 bits per heavy atom. The van der Waals surface area contributed by atoms with E-state index < -0.39 is 0 Å². The summed E-state index contributed by atoms with van der Waals surface area (Å²) in [6.45, 7) is 4.02. The third kappa shape index (κ3) is 2.71. The lowest BCUT2D eigenvalue weighted by Crippen LogP contribution is -2.27. The van der Waals surface area contributed by atoms with Gasteiger partial charge in [0.1, 0.15) is 0 Å². The lowest BCUT2D eigenvalue weighted by atomic mass is 10.1. The Kier molecular flexibility index (Phi) is 3.76. The quantitative estimate of drug-likeness (QED) is 0.900. The average molecular weight is 258 g/mol. The first-order valence-corrected chi connectivity index (χ1v) is 6.07.